The van der Waals surface area contributed by atoms with Crippen molar-refractivity contribution >= 4 is 0 Å². The van der Waals surface area contributed by atoms with E-state index in [1.54, 1.807) is 0 Å². The molecule has 3 nitrogen and oxygen atoms in total. The number of aryl methyl sites for hydroxylation is 1. The number of nitrogens with one attached hydrogen (secondary N) is 1. The summed E-state index contributed by atoms with van der Waals surface area (Å²) in [5, 5.41) is 8.09. The minimum atomic E-state index is 0.715. The first-order valence-electron chi connectivity index (χ1n) is 7.39. The minimum Gasteiger partial charge on any atom is -0.316 e. The Balaban J connectivity index is 2.96. The molecule has 0 aliphatic rings. The fourth-order valence-corrected chi connectivity index (χ4v) is 2.68. The van der Waals surface area contributed by atoms with Gasteiger partial charge in [-0.1, -0.05) is 34.1 Å². The number of hydrogen-bond acceptors (Lipinski definition) is 2. The molecule has 1 aromatic heterocycles. The van der Waals surface area contributed by atoms with Crippen molar-refractivity contribution in [1.29, 1.82) is 0 Å². The Bertz CT molecular complexity index is 355. The van der Waals surface area contributed by atoms with Gasteiger partial charge in [0.25, 0.3) is 0 Å². The summed E-state index contributed by atoms with van der Waals surface area (Å²) in [6.45, 7) is 11.0. The molecule has 3 heteroatoms. The molecule has 0 amide bonds. The van der Waals surface area contributed by atoms with Gasteiger partial charge < -0.3 is 5.32 Å². The smallest absolute Gasteiger partial charge is 0.0669 e. The van der Waals surface area contributed by atoms with Crippen LogP contribution in [0.3, 0.4) is 0 Å². The third kappa shape index (κ3) is 3.58. The van der Waals surface area contributed by atoms with E-state index in [0.29, 0.717) is 5.92 Å². The van der Waals surface area contributed by atoms with Crippen molar-refractivity contribution in [3.8, 4) is 0 Å². The molecule has 18 heavy (non-hydrogen) atoms. The van der Waals surface area contributed by atoms with E-state index in [-0.39, 0.29) is 0 Å². The normalized spacial score (nSPS) is 12.9. The lowest BCUT2D eigenvalue weighted by molar-refractivity contribution is 0.410. The summed E-state index contributed by atoms with van der Waals surface area (Å²) in [4.78, 5) is 0. The van der Waals surface area contributed by atoms with Crippen molar-refractivity contribution < 1.29 is 0 Å². The molecule has 0 radical (unpaired) electrons. The molecule has 104 valence electrons. The van der Waals surface area contributed by atoms with E-state index in [2.05, 4.69) is 37.7 Å². The van der Waals surface area contributed by atoms with Gasteiger partial charge in [0.05, 0.1) is 5.69 Å². The molecule has 0 saturated heterocycles. The highest BCUT2D eigenvalue weighted by Gasteiger charge is 2.15. The first-order valence-corrected chi connectivity index (χ1v) is 7.39. The second-order valence-electron chi connectivity index (χ2n) is 5.19. The first-order chi connectivity index (χ1) is 8.67. The van der Waals surface area contributed by atoms with Crippen LogP contribution in [-0.2, 0) is 25.9 Å². The van der Waals surface area contributed by atoms with Gasteiger partial charge in [-0.25, -0.2) is 0 Å². The van der Waals surface area contributed by atoms with E-state index in [4.69, 9.17) is 5.10 Å². The highest BCUT2D eigenvalue weighted by Crippen LogP contribution is 2.18. The topological polar surface area (TPSA) is 29.9 Å². The molecule has 0 fully saturated rings. The average molecular weight is 251 g/mol. The molecule has 1 N–H and O–H groups in total. The van der Waals surface area contributed by atoms with Crippen LogP contribution in [0, 0.1) is 5.92 Å². The maximum Gasteiger partial charge on any atom is 0.0669 e. The van der Waals surface area contributed by atoms with Gasteiger partial charge in [-0.2, -0.15) is 5.10 Å². The van der Waals surface area contributed by atoms with Crippen LogP contribution < -0.4 is 5.32 Å². The van der Waals surface area contributed by atoms with E-state index in [0.717, 1.165) is 25.9 Å². The second-order valence-corrected chi connectivity index (χ2v) is 5.19. The van der Waals surface area contributed by atoms with Gasteiger partial charge in [0.15, 0.2) is 0 Å². The zero-order chi connectivity index (χ0) is 13.5. The average Bonchev–Trinajstić information content (AvgIpc) is 2.67. The molecule has 1 rings (SSSR count). The number of aromatic nitrogens is 2. The molecule has 0 saturated carbocycles. The van der Waals surface area contributed by atoms with Crippen molar-refractivity contribution in [2.24, 2.45) is 5.92 Å². The molecule has 0 spiro atoms. The molecular formula is C15H29N3. The molecule has 0 aliphatic carbocycles. The van der Waals surface area contributed by atoms with Crippen LogP contribution in [0.2, 0.25) is 0 Å². The highest BCUT2D eigenvalue weighted by atomic mass is 15.3. The summed E-state index contributed by atoms with van der Waals surface area (Å²) >= 11 is 0. The molecule has 1 aromatic rings. The van der Waals surface area contributed by atoms with Crippen molar-refractivity contribution in [3.63, 3.8) is 0 Å². The van der Waals surface area contributed by atoms with Gasteiger partial charge in [-0.15, -0.1) is 0 Å². The lowest BCUT2D eigenvalue weighted by Gasteiger charge is -2.13. The molecule has 0 bridgehead atoms. The number of rotatable bonds is 8. The summed E-state index contributed by atoms with van der Waals surface area (Å²) in [6.07, 6.45) is 4.64. The Hall–Kier alpha value is -0.830. The quantitative estimate of drug-likeness (QED) is 0.769. The second kappa shape index (κ2) is 7.57. The lowest BCUT2D eigenvalue weighted by Crippen LogP contribution is -2.13. The molecule has 0 aliphatic heterocycles. The van der Waals surface area contributed by atoms with E-state index < -0.39 is 0 Å². The molecule has 0 aromatic carbocycles. The minimum absolute atomic E-state index is 0.715. The summed E-state index contributed by atoms with van der Waals surface area (Å²) in [5.74, 6) is 0.715. The maximum absolute atomic E-state index is 4.82. The Labute approximate surface area is 112 Å². The van der Waals surface area contributed by atoms with E-state index in [1.165, 1.54) is 29.8 Å². The maximum atomic E-state index is 4.82. The van der Waals surface area contributed by atoms with E-state index >= 15 is 0 Å². The summed E-state index contributed by atoms with van der Waals surface area (Å²) in [5.41, 5.74) is 4.11. The van der Waals surface area contributed by atoms with Crippen LogP contribution in [0.1, 0.15) is 57.5 Å². The predicted octanol–water partition coefficient (Wildman–Crippen LogP) is 3.16. The van der Waals surface area contributed by atoms with Gasteiger partial charge >= 0.3 is 0 Å². The van der Waals surface area contributed by atoms with Crippen LogP contribution in [0.4, 0.5) is 0 Å². The van der Waals surface area contributed by atoms with Gasteiger partial charge in [0.2, 0.25) is 0 Å². The fourth-order valence-electron chi connectivity index (χ4n) is 2.68. The third-order valence-corrected chi connectivity index (χ3v) is 3.54. The van der Waals surface area contributed by atoms with Crippen LogP contribution in [0.15, 0.2) is 0 Å². The van der Waals surface area contributed by atoms with E-state index in [9.17, 15) is 0 Å². The van der Waals surface area contributed by atoms with Crippen LogP contribution >= 0.6 is 0 Å². The monoisotopic (exact) mass is 251 g/mol. The van der Waals surface area contributed by atoms with Crippen molar-refractivity contribution in [1.82, 2.24) is 15.1 Å². The van der Waals surface area contributed by atoms with Crippen LogP contribution in [0.25, 0.3) is 0 Å². The summed E-state index contributed by atoms with van der Waals surface area (Å²) in [6, 6.07) is 0. The highest BCUT2D eigenvalue weighted by molar-refractivity contribution is 5.26. The number of hydrogen-bond donors (Lipinski definition) is 1. The van der Waals surface area contributed by atoms with Crippen LogP contribution in [0.5, 0.6) is 0 Å². The van der Waals surface area contributed by atoms with Crippen LogP contribution in [-0.4, -0.2) is 16.8 Å². The Morgan fingerprint density at radius 2 is 1.94 bits per heavy atom. The Kier molecular flexibility index (Phi) is 6.41. The van der Waals surface area contributed by atoms with Crippen molar-refractivity contribution in [2.75, 3.05) is 7.05 Å². The van der Waals surface area contributed by atoms with Crippen molar-refractivity contribution in [3.05, 3.63) is 17.0 Å². The fraction of sp³-hybridized carbons (Fsp3) is 0.800. The zero-order valence-corrected chi connectivity index (χ0v) is 12.7. The van der Waals surface area contributed by atoms with Crippen molar-refractivity contribution in [2.45, 2.75) is 66.5 Å². The Morgan fingerprint density at radius 1 is 1.22 bits per heavy atom. The largest absolute Gasteiger partial charge is 0.316 e. The number of nitrogens with zero attached hydrogens (tertiary/aromatic N) is 2. The molecule has 1 atom stereocenters. The van der Waals surface area contributed by atoms with E-state index in [1.807, 2.05) is 7.05 Å². The molecule has 1 heterocycles. The van der Waals surface area contributed by atoms with Gasteiger partial charge in [0, 0.05) is 24.3 Å². The Morgan fingerprint density at radius 3 is 2.44 bits per heavy atom. The predicted molar refractivity (Wildman–Crippen MR) is 77.8 cm³/mol. The lowest BCUT2D eigenvalue weighted by atomic mass is 10.1. The van der Waals surface area contributed by atoms with Gasteiger partial charge in [-0.05, 0) is 32.2 Å². The first kappa shape index (κ1) is 15.2. The standard InChI is InChI=1S/C15H29N3/c1-6-9-12(4)11-18-15(8-3)13(10-16-5)14(7-2)17-18/h12,16H,6-11H2,1-5H3. The summed E-state index contributed by atoms with van der Waals surface area (Å²) < 4.78 is 2.26. The van der Waals surface area contributed by atoms with Gasteiger partial charge in [-0.3, -0.25) is 4.68 Å². The SMILES string of the molecule is CCCC(C)Cn1nc(CC)c(CNC)c1CC. The third-order valence-electron chi connectivity index (χ3n) is 3.54. The zero-order valence-electron chi connectivity index (χ0n) is 12.7. The summed E-state index contributed by atoms with van der Waals surface area (Å²) in [7, 11) is 2.01. The molecule has 1 unspecified atom stereocenters. The molecular weight excluding hydrogens is 222 g/mol. The van der Waals surface area contributed by atoms with Gasteiger partial charge in [0.1, 0.15) is 0 Å².